The fourth-order valence-electron chi connectivity index (χ4n) is 1.79. The SMILES string of the molecule is CCCC(CN)C(=O)N(CC(=O)O)CC(C)C. The Hall–Kier alpha value is -1.10. The molecule has 0 heterocycles. The van der Waals surface area contributed by atoms with E-state index in [0.29, 0.717) is 13.0 Å². The highest BCUT2D eigenvalue weighted by atomic mass is 16.4. The number of carbonyl (C=O) groups is 2. The van der Waals surface area contributed by atoms with Gasteiger partial charge in [0.05, 0.1) is 5.92 Å². The summed E-state index contributed by atoms with van der Waals surface area (Å²) in [5.41, 5.74) is 5.56. The zero-order valence-electron chi connectivity index (χ0n) is 11.0. The smallest absolute Gasteiger partial charge is 0.323 e. The van der Waals surface area contributed by atoms with Crippen LogP contribution >= 0.6 is 0 Å². The first-order valence-electron chi connectivity index (χ1n) is 6.12. The molecule has 0 saturated carbocycles. The van der Waals surface area contributed by atoms with E-state index >= 15 is 0 Å². The maximum absolute atomic E-state index is 12.1. The molecular weight excluding hydrogens is 220 g/mol. The molecule has 0 aromatic rings. The summed E-state index contributed by atoms with van der Waals surface area (Å²) >= 11 is 0. The third-order valence-electron chi connectivity index (χ3n) is 2.49. The third-order valence-corrected chi connectivity index (χ3v) is 2.49. The lowest BCUT2D eigenvalue weighted by molar-refractivity contribution is -0.146. The van der Waals surface area contributed by atoms with Crippen molar-refractivity contribution >= 4 is 11.9 Å². The van der Waals surface area contributed by atoms with Crippen LogP contribution in [0.5, 0.6) is 0 Å². The molecule has 0 aromatic carbocycles. The number of aliphatic carboxylic acids is 1. The zero-order chi connectivity index (χ0) is 13.4. The molecule has 1 atom stereocenters. The molecule has 5 nitrogen and oxygen atoms in total. The maximum atomic E-state index is 12.1. The van der Waals surface area contributed by atoms with Crippen molar-refractivity contribution in [3.63, 3.8) is 0 Å². The Balaban J connectivity index is 4.64. The summed E-state index contributed by atoms with van der Waals surface area (Å²) in [6.07, 6.45) is 1.58. The molecule has 0 aliphatic carbocycles. The van der Waals surface area contributed by atoms with E-state index in [1.165, 1.54) is 4.90 Å². The highest BCUT2D eigenvalue weighted by molar-refractivity contribution is 5.83. The van der Waals surface area contributed by atoms with E-state index in [2.05, 4.69) is 0 Å². The van der Waals surface area contributed by atoms with Gasteiger partial charge >= 0.3 is 5.97 Å². The van der Waals surface area contributed by atoms with Crippen LogP contribution < -0.4 is 5.73 Å². The molecule has 0 fully saturated rings. The standard InChI is InChI=1S/C12H24N2O3/c1-4-5-10(6-13)12(17)14(7-9(2)3)8-11(15)16/h9-10H,4-8,13H2,1-3H3,(H,15,16). The van der Waals surface area contributed by atoms with Crippen LogP contribution in [0.25, 0.3) is 0 Å². The summed E-state index contributed by atoms with van der Waals surface area (Å²) in [7, 11) is 0. The first kappa shape index (κ1) is 15.9. The minimum absolute atomic E-state index is 0.134. The lowest BCUT2D eigenvalue weighted by Gasteiger charge is -2.26. The zero-order valence-corrected chi connectivity index (χ0v) is 11.0. The first-order chi connectivity index (χ1) is 7.92. The molecule has 17 heavy (non-hydrogen) atoms. The van der Waals surface area contributed by atoms with E-state index in [9.17, 15) is 9.59 Å². The van der Waals surface area contributed by atoms with Gasteiger partial charge in [0.15, 0.2) is 0 Å². The van der Waals surface area contributed by atoms with Crippen LogP contribution in [-0.2, 0) is 9.59 Å². The molecule has 0 aliphatic heterocycles. The second-order valence-electron chi connectivity index (χ2n) is 4.73. The van der Waals surface area contributed by atoms with Crippen molar-refractivity contribution in [1.82, 2.24) is 4.90 Å². The number of nitrogens with two attached hydrogens (primary N) is 1. The molecule has 0 bridgehead atoms. The number of nitrogens with zero attached hydrogens (tertiary/aromatic N) is 1. The predicted molar refractivity (Wildman–Crippen MR) is 66.5 cm³/mol. The minimum atomic E-state index is -0.980. The van der Waals surface area contributed by atoms with Gasteiger partial charge in [-0.15, -0.1) is 0 Å². The van der Waals surface area contributed by atoms with Gasteiger partial charge in [0.2, 0.25) is 5.91 Å². The lowest BCUT2D eigenvalue weighted by atomic mass is 10.0. The molecule has 5 heteroatoms. The Kier molecular flexibility index (Phi) is 7.54. The Morgan fingerprint density at radius 2 is 1.94 bits per heavy atom. The van der Waals surface area contributed by atoms with Gasteiger partial charge in [0.1, 0.15) is 6.54 Å². The number of carbonyl (C=O) groups excluding carboxylic acids is 1. The Morgan fingerprint density at radius 1 is 1.35 bits per heavy atom. The quantitative estimate of drug-likeness (QED) is 0.665. The van der Waals surface area contributed by atoms with Crippen LogP contribution in [0.4, 0.5) is 0 Å². The largest absolute Gasteiger partial charge is 0.480 e. The molecule has 0 saturated heterocycles. The Bertz CT molecular complexity index is 254. The molecule has 0 spiro atoms. The lowest BCUT2D eigenvalue weighted by Crippen LogP contribution is -2.43. The topological polar surface area (TPSA) is 83.6 Å². The Morgan fingerprint density at radius 3 is 2.29 bits per heavy atom. The van der Waals surface area contributed by atoms with Crippen molar-refractivity contribution in [2.45, 2.75) is 33.6 Å². The summed E-state index contributed by atoms with van der Waals surface area (Å²) < 4.78 is 0. The highest BCUT2D eigenvalue weighted by Crippen LogP contribution is 2.11. The molecule has 0 aliphatic rings. The van der Waals surface area contributed by atoms with Crippen LogP contribution in [0.1, 0.15) is 33.6 Å². The fraction of sp³-hybridized carbons (Fsp3) is 0.833. The highest BCUT2D eigenvalue weighted by Gasteiger charge is 2.24. The van der Waals surface area contributed by atoms with Crippen molar-refractivity contribution in [3.8, 4) is 0 Å². The van der Waals surface area contributed by atoms with Crippen molar-refractivity contribution in [1.29, 1.82) is 0 Å². The van der Waals surface area contributed by atoms with Crippen LogP contribution in [0.15, 0.2) is 0 Å². The van der Waals surface area contributed by atoms with Crippen molar-refractivity contribution in [2.24, 2.45) is 17.6 Å². The molecule has 1 unspecified atom stereocenters. The van der Waals surface area contributed by atoms with E-state index in [1.54, 1.807) is 0 Å². The molecular formula is C12H24N2O3. The number of carboxylic acid groups (broad SMARTS) is 1. The molecule has 1 amide bonds. The second-order valence-corrected chi connectivity index (χ2v) is 4.73. The van der Waals surface area contributed by atoms with Crippen LogP contribution in [0.3, 0.4) is 0 Å². The average Bonchev–Trinajstić information content (AvgIpc) is 2.22. The van der Waals surface area contributed by atoms with E-state index < -0.39 is 5.97 Å². The van der Waals surface area contributed by atoms with Crippen molar-refractivity contribution in [3.05, 3.63) is 0 Å². The average molecular weight is 244 g/mol. The van der Waals surface area contributed by atoms with E-state index in [0.717, 1.165) is 6.42 Å². The van der Waals surface area contributed by atoms with Gasteiger partial charge in [-0.3, -0.25) is 9.59 Å². The number of amides is 1. The van der Waals surface area contributed by atoms with Gasteiger partial charge in [0, 0.05) is 13.1 Å². The second kappa shape index (κ2) is 8.06. The van der Waals surface area contributed by atoms with Crippen molar-refractivity contribution in [2.75, 3.05) is 19.6 Å². The van der Waals surface area contributed by atoms with Gasteiger partial charge in [0.25, 0.3) is 0 Å². The normalized spacial score (nSPS) is 12.5. The van der Waals surface area contributed by atoms with E-state index in [4.69, 9.17) is 10.8 Å². The summed E-state index contributed by atoms with van der Waals surface area (Å²) in [4.78, 5) is 24.3. The number of hydrogen-bond acceptors (Lipinski definition) is 3. The fourth-order valence-corrected chi connectivity index (χ4v) is 1.79. The number of rotatable bonds is 8. The van der Waals surface area contributed by atoms with Gasteiger partial charge in [-0.1, -0.05) is 27.2 Å². The van der Waals surface area contributed by atoms with Gasteiger partial charge in [-0.05, 0) is 12.3 Å². The number of hydrogen-bond donors (Lipinski definition) is 2. The van der Waals surface area contributed by atoms with Gasteiger partial charge < -0.3 is 15.7 Å². The molecule has 0 radical (unpaired) electrons. The maximum Gasteiger partial charge on any atom is 0.323 e. The summed E-state index contributed by atoms with van der Waals surface area (Å²) in [6.45, 7) is 6.40. The summed E-state index contributed by atoms with van der Waals surface area (Å²) in [5.74, 6) is -1.12. The molecule has 3 N–H and O–H groups in total. The minimum Gasteiger partial charge on any atom is -0.480 e. The Labute approximate surface area is 103 Å². The molecule has 0 aromatic heterocycles. The van der Waals surface area contributed by atoms with Crippen LogP contribution in [-0.4, -0.2) is 41.5 Å². The number of carboxylic acids is 1. The molecule has 100 valence electrons. The molecule has 0 rings (SSSR count). The first-order valence-corrected chi connectivity index (χ1v) is 6.12. The summed E-state index contributed by atoms with van der Waals surface area (Å²) in [5, 5.41) is 8.80. The van der Waals surface area contributed by atoms with Gasteiger partial charge in [-0.25, -0.2) is 0 Å². The van der Waals surface area contributed by atoms with Crippen molar-refractivity contribution < 1.29 is 14.7 Å². The predicted octanol–water partition coefficient (Wildman–Crippen LogP) is 0.931. The van der Waals surface area contributed by atoms with Crippen LogP contribution in [0, 0.1) is 11.8 Å². The van der Waals surface area contributed by atoms with Gasteiger partial charge in [-0.2, -0.15) is 0 Å². The van der Waals surface area contributed by atoms with E-state index in [-0.39, 0.29) is 30.8 Å². The summed E-state index contributed by atoms with van der Waals surface area (Å²) in [6, 6.07) is 0. The van der Waals surface area contributed by atoms with Crippen LogP contribution in [0.2, 0.25) is 0 Å². The monoisotopic (exact) mass is 244 g/mol. The third kappa shape index (κ3) is 6.26. The van der Waals surface area contributed by atoms with E-state index in [1.807, 2.05) is 20.8 Å².